The normalized spacial score (nSPS) is 26.8. The van der Waals surface area contributed by atoms with E-state index in [0.29, 0.717) is 26.2 Å². The van der Waals surface area contributed by atoms with Crippen LogP contribution in [-0.2, 0) is 9.59 Å². The Morgan fingerprint density at radius 3 is 2.53 bits per heavy atom. The van der Waals surface area contributed by atoms with E-state index >= 15 is 0 Å². The third kappa shape index (κ3) is 2.45. The zero-order chi connectivity index (χ0) is 10.7. The molecule has 0 aromatic carbocycles. The van der Waals surface area contributed by atoms with Gasteiger partial charge in [0.25, 0.3) is 0 Å². The van der Waals surface area contributed by atoms with Crippen LogP contribution in [0.15, 0.2) is 0 Å². The van der Waals surface area contributed by atoms with Crippen LogP contribution in [0.25, 0.3) is 0 Å². The summed E-state index contributed by atoms with van der Waals surface area (Å²) in [5.41, 5.74) is 0. The molecule has 2 heterocycles. The van der Waals surface area contributed by atoms with Crippen molar-refractivity contribution in [2.75, 3.05) is 31.9 Å². The van der Waals surface area contributed by atoms with E-state index in [1.165, 1.54) is 0 Å². The molecule has 0 radical (unpaired) electrons. The van der Waals surface area contributed by atoms with Gasteiger partial charge in [-0.1, -0.05) is 0 Å². The summed E-state index contributed by atoms with van der Waals surface area (Å²) in [4.78, 5) is 26.1. The molecule has 2 fully saturated rings. The first-order valence-corrected chi connectivity index (χ1v) is 6.46. The fourth-order valence-corrected chi connectivity index (χ4v) is 3.27. The number of carbonyl (C=O) groups is 2. The van der Waals surface area contributed by atoms with Crippen molar-refractivity contribution in [2.45, 2.75) is 18.1 Å². The monoisotopic (exact) mass is 228 g/mol. The van der Waals surface area contributed by atoms with Gasteiger partial charge in [0.2, 0.25) is 12.3 Å². The second-order valence-electron chi connectivity index (χ2n) is 3.97. The quantitative estimate of drug-likeness (QED) is 0.633. The predicted octanol–water partition coefficient (Wildman–Crippen LogP) is 0.183. The Labute approximate surface area is 94.0 Å². The van der Waals surface area contributed by atoms with E-state index in [9.17, 15) is 9.59 Å². The van der Waals surface area contributed by atoms with Gasteiger partial charge in [-0.05, 0) is 18.6 Å². The Hall–Kier alpha value is -0.710. The zero-order valence-electron chi connectivity index (χ0n) is 8.72. The number of nitrogens with zero attached hydrogens (tertiary/aromatic N) is 2. The molecule has 0 bridgehead atoms. The maximum atomic E-state index is 12.0. The molecule has 5 heteroatoms. The van der Waals surface area contributed by atoms with E-state index in [0.717, 1.165) is 25.0 Å². The highest BCUT2D eigenvalue weighted by Gasteiger charge is 2.29. The van der Waals surface area contributed by atoms with Crippen LogP contribution in [0, 0.1) is 0 Å². The van der Waals surface area contributed by atoms with Crippen LogP contribution in [0.4, 0.5) is 0 Å². The van der Waals surface area contributed by atoms with Crippen molar-refractivity contribution >= 4 is 24.1 Å². The van der Waals surface area contributed by atoms with Gasteiger partial charge in [0, 0.05) is 26.2 Å². The molecule has 2 rings (SSSR count). The largest absolute Gasteiger partial charge is 0.342 e. The van der Waals surface area contributed by atoms with E-state index in [-0.39, 0.29) is 11.2 Å². The molecule has 0 aromatic rings. The first-order valence-electron chi connectivity index (χ1n) is 5.41. The Balaban J connectivity index is 1.84. The molecule has 15 heavy (non-hydrogen) atoms. The number of rotatable bonds is 2. The second-order valence-corrected chi connectivity index (χ2v) is 5.28. The predicted molar refractivity (Wildman–Crippen MR) is 59.7 cm³/mol. The van der Waals surface area contributed by atoms with Crippen LogP contribution in [0.3, 0.4) is 0 Å². The third-order valence-corrected chi connectivity index (χ3v) is 4.34. The van der Waals surface area contributed by atoms with E-state index in [1.807, 2.05) is 4.90 Å². The van der Waals surface area contributed by atoms with Gasteiger partial charge in [-0.2, -0.15) is 0 Å². The summed E-state index contributed by atoms with van der Waals surface area (Å²) in [5.74, 6) is 1.40. The van der Waals surface area contributed by atoms with Gasteiger partial charge in [0.1, 0.15) is 0 Å². The topological polar surface area (TPSA) is 40.6 Å². The average molecular weight is 228 g/mol. The minimum absolute atomic E-state index is 0.188. The molecule has 0 spiro atoms. The van der Waals surface area contributed by atoms with Crippen LogP contribution in [-0.4, -0.2) is 59.3 Å². The van der Waals surface area contributed by atoms with E-state index < -0.39 is 0 Å². The molecule has 4 nitrogen and oxygen atoms in total. The summed E-state index contributed by atoms with van der Waals surface area (Å²) in [6.45, 7) is 2.78. The number of thioether (sulfide) groups is 1. The van der Waals surface area contributed by atoms with Crippen molar-refractivity contribution in [3.8, 4) is 0 Å². The number of carbonyl (C=O) groups excluding carboxylic acids is 2. The molecular formula is C10H16N2O2S. The van der Waals surface area contributed by atoms with Gasteiger partial charge < -0.3 is 9.80 Å². The number of hydrogen-bond acceptors (Lipinski definition) is 3. The van der Waals surface area contributed by atoms with Crippen molar-refractivity contribution in [2.24, 2.45) is 0 Å². The molecule has 0 aliphatic carbocycles. The van der Waals surface area contributed by atoms with Gasteiger partial charge in [-0.3, -0.25) is 9.59 Å². The van der Waals surface area contributed by atoms with Crippen LogP contribution in [0.2, 0.25) is 0 Å². The molecular weight excluding hydrogens is 212 g/mol. The summed E-state index contributed by atoms with van der Waals surface area (Å²) in [7, 11) is 0. The zero-order valence-corrected chi connectivity index (χ0v) is 9.54. The maximum absolute atomic E-state index is 12.0. The lowest BCUT2D eigenvalue weighted by atomic mass is 10.2. The summed E-state index contributed by atoms with van der Waals surface area (Å²) in [6.07, 6.45) is 3.05. The van der Waals surface area contributed by atoms with Gasteiger partial charge in [-0.15, -0.1) is 11.8 Å². The Bertz CT molecular complexity index is 246. The summed E-state index contributed by atoms with van der Waals surface area (Å²) in [5, 5.41) is 0.188. The SMILES string of the molecule is O=CN1CCN(C(=O)C2CCCS2)CC1. The number of piperazine rings is 1. The molecule has 1 unspecified atom stereocenters. The maximum Gasteiger partial charge on any atom is 0.235 e. The van der Waals surface area contributed by atoms with Crippen LogP contribution < -0.4 is 0 Å². The molecule has 84 valence electrons. The fraction of sp³-hybridized carbons (Fsp3) is 0.800. The van der Waals surface area contributed by atoms with Crippen LogP contribution in [0.1, 0.15) is 12.8 Å². The van der Waals surface area contributed by atoms with Crippen molar-refractivity contribution < 1.29 is 9.59 Å². The lowest BCUT2D eigenvalue weighted by molar-refractivity contribution is -0.134. The average Bonchev–Trinajstić information content (AvgIpc) is 2.82. The van der Waals surface area contributed by atoms with Gasteiger partial charge in [0.05, 0.1) is 5.25 Å². The van der Waals surface area contributed by atoms with Gasteiger partial charge >= 0.3 is 0 Å². The first-order chi connectivity index (χ1) is 7.31. The Kier molecular flexibility index (Phi) is 3.51. The fourth-order valence-electron chi connectivity index (χ4n) is 2.02. The third-order valence-electron chi connectivity index (χ3n) is 2.98. The Morgan fingerprint density at radius 2 is 2.00 bits per heavy atom. The van der Waals surface area contributed by atoms with Crippen molar-refractivity contribution in [1.29, 1.82) is 0 Å². The minimum atomic E-state index is 0.188. The highest BCUT2D eigenvalue weighted by molar-refractivity contribution is 8.00. The summed E-state index contributed by atoms with van der Waals surface area (Å²) >= 11 is 1.78. The van der Waals surface area contributed by atoms with Gasteiger partial charge in [-0.25, -0.2) is 0 Å². The van der Waals surface area contributed by atoms with Crippen LogP contribution in [0.5, 0.6) is 0 Å². The standard InChI is InChI=1S/C10H16N2O2S/c13-8-11-3-5-12(6-4-11)10(14)9-2-1-7-15-9/h8-9H,1-7H2. The second kappa shape index (κ2) is 4.88. The lowest BCUT2D eigenvalue weighted by Crippen LogP contribution is -2.50. The lowest BCUT2D eigenvalue weighted by Gasteiger charge is -2.33. The molecule has 0 aromatic heterocycles. The summed E-state index contributed by atoms with van der Waals surface area (Å²) in [6, 6.07) is 0. The number of amides is 2. The molecule has 2 aliphatic rings. The van der Waals surface area contributed by atoms with Crippen LogP contribution >= 0.6 is 11.8 Å². The van der Waals surface area contributed by atoms with Gasteiger partial charge in [0.15, 0.2) is 0 Å². The van der Waals surface area contributed by atoms with E-state index in [1.54, 1.807) is 16.7 Å². The molecule has 2 aliphatic heterocycles. The minimum Gasteiger partial charge on any atom is -0.342 e. The van der Waals surface area contributed by atoms with E-state index in [2.05, 4.69) is 0 Å². The first kappa shape index (κ1) is 10.8. The Morgan fingerprint density at radius 1 is 1.27 bits per heavy atom. The number of hydrogen-bond donors (Lipinski definition) is 0. The molecule has 1 atom stereocenters. The molecule has 2 amide bonds. The molecule has 0 saturated carbocycles. The van der Waals surface area contributed by atoms with Crippen molar-refractivity contribution in [3.63, 3.8) is 0 Å². The highest BCUT2D eigenvalue weighted by atomic mass is 32.2. The smallest absolute Gasteiger partial charge is 0.235 e. The van der Waals surface area contributed by atoms with E-state index in [4.69, 9.17) is 0 Å². The van der Waals surface area contributed by atoms with Crippen molar-refractivity contribution in [1.82, 2.24) is 9.80 Å². The molecule has 2 saturated heterocycles. The van der Waals surface area contributed by atoms with Crippen molar-refractivity contribution in [3.05, 3.63) is 0 Å². The molecule has 0 N–H and O–H groups in total. The highest BCUT2D eigenvalue weighted by Crippen LogP contribution is 2.27. The summed E-state index contributed by atoms with van der Waals surface area (Å²) < 4.78 is 0.